The molecule has 0 aromatic heterocycles. The second-order valence-corrected chi connectivity index (χ2v) is 3.91. The fourth-order valence-electron chi connectivity index (χ4n) is 1.00. The van der Waals surface area contributed by atoms with E-state index in [-0.39, 0.29) is 5.60 Å². The minimum atomic E-state index is -0.203. The third-order valence-electron chi connectivity index (χ3n) is 1.44. The predicted octanol–water partition coefficient (Wildman–Crippen LogP) is 1.77. The maximum atomic E-state index is 8.40. The number of benzene rings is 1. The zero-order valence-corrected chi connectivity index (χ0v) is 8.65. The maximum Gasteiger partial charge on any atom is 0.569 e. The van der Waals surface area contributed by atoms with Crippen LogP contribution in [0.3, 0.4) is 0 Å². The number of ether oxygens (including phenoxy) is 1. The van der Waals surface area contributed by atoms with E-state index in [1.807, 2.05) is 20.8 Å². The molecular weight excluding hydrogens is 179 g/mol. The molecule has 0 aliphatic carbocycles. The molecule has 1 radical (unpaired) electrons. The lowest BCUT2D eigenvalue weighted by Crippen LogP contribution is -2.22. The van der Waals surface area contributed by atoms with Crippen LogP contribution in [0, 0.1) is 0 Å². The summed E-state index contributed by atoms with van der Waals surface area (Å²) >= 11 is 0. The Bertz CT molecular complexity index is 276. The van der Waals surface area contributed by atoms with Crippen molar-refractivity contribution in [3.63, 3.8) is 0 Å². The van der Waals surface area contributed by atoms with Crippen LogP contribution in [0.1, 0.15) is 20.8 Å². The molecule has 1 N–H and O–H groups in total. The molecule has 14 heavy (non-hydrogen) atoms. The number of hydrogen-bond acceptors (Lipinski definition) is 3. The SMILES string of the molecule is CC(C)(C)Oc1ccc(O[B]O)cc1. The summed E-state index contributed by atoms with van der Waals surface area (Å²) in [6.45, 7) is 5.96. The number of rotatable bonds is 3. The van der Waals surface area contributed by atoms with Crippen molar-refractivity contribution in [2.45, 2.75) is 26.4 Å². The predicted molar refractivity (Wildman–Crippen MR) is 55.4 cm³/mol. The van der Waals surface area contributed by atoms with Crippen LogP contribution in [-0.4, -0.2) is 18.3 Å². The third kappa shape index (κ3) is 3.70. The van der Waals surface area contributed by atoms with Crippen LogP contribution in [0.4, 0.5) is 0 Å². The van der Waals surface area contributed by atoms with Crippen molar-refractivity contribution in [1.82, 2.24) is 0 Å². The molecule has 0 saturated carbocycles. The lowest BCUT2D eigenvalue weighted by atomic mass is 10.2. The van der Waals surface area contributed by atoms with E-state index in [0.717, 1.165) is 5.75 Å². The molecule has 0 aliphatic heterocycles. The summed E-state index contributed by atoms with van der Waals surface area (Å²) in [4.78, 5) is 0. The second-order valence-electron chi connectivity index (χ2n) is 3.91. The Labute approximate surface area is 85.0 Å². The summed E-state index contributed by atoms with van der Waals surface area (Å²) in [5.41, 5.74) is -0.203. The Morgan fingerprint density at radius 2 is 1.57 bits per heavy atom. The van der Waals surface area contributed by atoms with Crippen LogP contribution in [0.15, 0.2) is 24.3 Å². The Hall–Kier alpha value is -1.16. The van der Waals surface area contributed by atoms with Gasteiger partial charge in [0.25, 0.3) is 0 Å². The van der Waals surface area contributed by atoms with E-state index in [1.54, 1.807) is 24.3 Å². The van der Waals surface area contributed by atoms with E-state index in [0.29, 0.717) is 13.4 Å². The first kappa shape index (κ1) is 10.9. The first-order chi connectivity index (χ1) is 6.51. The van der Waals surface area contributed by atoms with Crippen LogP contribution in [0.5, 0.6) is 11.5 Å². The smallest absolute Gasteiger partial charge is 0.537 e. The van der Waals surface area contributed by atoms with Gasteiger partial charge in [0.15, 0.2) is 0 Å². The quantitative estimate of drug-likeness (QED) is 0.743. The van der Waals surface area contributed by atoms with E-state index in [9.17, 15) is 0 Å². The Kier molecular flexibility index (Phi) is 3.41. The molecule has 0 aliphatic rings. The van der Waals surface area contributed by atoms with Gasteiger partial charge in [0.1, 0.15) is 17.1 Å². The molecule has 0 atom stereocenters. The van der Waals surface area contributed by atoms with Crippen LogP contribution in [0.25, 0.3) is 0 Å². The van der Waals surface area contributed by atoms with Gasteiger partial charge in [-0.2, -0.15) is 0 Å². The van der Waals surface area contributed by atoms with Gasteiger partial charge in [-0.3, -0.25) is 0 Å². The van der Waals surface area contributed by atoms with Crippen LogP contribution in [0.2, 0.25) is 0 Å². The van der Waals surface area contributed by atoms with Gasteiger partial charge in [-0.1, -0.05) is 0 Å². The molecule has 1 aromatic rings. The maximum absolute atomic E-state index is 8.40. The van der Waals surface area contributed by atoms with Crippen molar-refractivity contribution in [2.24, 2.45) is 0 Å². The molecule has 0 amide bonds. The van der Waals surface area contributed by atoms with Gasteiger partial charge in [-0.05, 0) is 45.0 Å². The molecule has 75 valence electrons. The van der Waals surface area contributed by atoms with Gasteiger partial charge < -0.3 is 14.4 Å². The summed E-state index contributed by atoms with van der Waals surface area (Å²) in [5, 5.41) is 8.40. The lowest BCUT2D eigenvalue weighted by molar-refractivity contribution is 0.131. The first-order valence-electron chi connectivity index (χ1n) is 4.43. The van der Waals surface area contributed by atoms with Gasteiger partial charge in [-0.25, -0.2) is 0 Å². The fraction of sp³-hybridized carbons (Fsp3) is 0.400. The minimum absolute atomic E-state index is 0.203. The van der Waals surface area contributed by atoms with Crippen LogP contribution in [-0.2, 0) is 0 Å². The normalized spacial score (nSPS) is 10.9. The molecule has 0 saturated heterocycles. The average Bonchev–Trinajstić information content (AvgIpc) is 2.06. The van der Waals surface area contributed by atoms with Gasteiger partial charge in [0, 0.05) is 0 Å². The van der Waals surface area contributed by atoms with Crippen molar-refractivity contribution in [3.8, 4) is 11.5 Å². The highest BCUT2D eigenvalue weighted by atomic mass is 16.5. The summed E-state index contributed by atoms with van der Waals surface area (Å²) in [6.07, 6.45) is 0. The summed E-state index contributed by atoms with van der Waals surface area (Å²) in [6, 6.07) is 7.05. The average molecular weight is 193 g/mol. The lowest BCUT2D eigenvalue weighted by Gasteiger charge is -2.21. The van der Waals surface area contributed by atoms with E-state index in [1.165, 1.54) is 0 Å². The van der Waals surface area contributed by atoms with Crippen molar-refractivity contribution in [2.75, 3.05) is 0 Å². The highest BCUT2D eigenvalue weighted by Gasteiger charge is 2.11. The number of hydrogen-bond donors (Lipinski definition) is 1. The van der Waals surface area contributed by atoms with E-state index < -0.39 is 0 Å². The standard InChI is InChI=1S/C10H14BO3/c1-10(2,3)13-8-4-6-9(7-5-8)14-11-12/h4-7,12H,1-3H3. The summed E-state index contributed by atoms with van der Waals surface area (Å²) < 4.78 is 10.4. The van der Waals surface area contributed by atoms with Gasteiger partial charge in [-0.15, -0.1) is 0 Å². The summed E-state index contributed by atoms with van der Waals surface area (Å²) in [5.74, 6) is 1.36. The Morgan fingerprint density at radius 1 is 1.07 bits per heavy atom. The van der Waals surface area contributed by atoms with E-state index >= 15 is 0 Å². The van der Waals surface area contributed by atoms with E-state index in [4.69, 9.17) is 14.4 Å². The second kappa shape index (κ2) is 4.37. The molecule has 0 spiro atoms. The topological polar surface area (TPSA) is 38.7 Å². The zero-order chi connectivity index (χ0) is 10.6. The molecular formula is C10H14BO3. The molecule has 0 fully saturated rings. The van der Waals surface area contributed by atoms with Crippen LogP contribution < -0.4 is 9.39 Å². The molecule has 4 heteroatoms. The minimum Gasteiger partial charge on any atom is -0.537 e. The Balaban J connectivity index is 2.64. The van der Waals surface area contributed by atoms with Gasteiger partial charge in [0.2, 0.25) is 0 Å². The molecule has 1 rings (SSSR count). The van der Waals surface area contributed by atoms with Crippen LogP contribution >= 0.6 is 0 Å². The molecule has 3 nitrogen and oxygen atoms in total. The Morgan fingerprint density at radius 3 is 2.00 bits per heavy atom. The summed E-state index contributed by atoms with van der Waals surface area (Å²) in [7, 11) is 0.652. The highest BCUT2D eigenvalue weighted by Crippen LogP contribution is 2.21. The third-order valence-corrected chi connectivity index (χ3v) is 1.44. The highest BCUT2D eigenvalue weighted by molar-refractivity contribution is 6.17. The van der Waals surface area contributed by atoms with Crippen molar-refractivity contribution < 1.29 is 14.4 Å². The molecule has 0 unspecified atom stereocenters. The zero-order valence-electron chi connectivity index (χ0n) is 8.65. The monoisotopic (exact) mass is 193 g/mol. The van der Waals surface area contributed by atoms with Crippen molar-refractivity contribution in [3.05, 3.63) is 24.3 Å². The van der Waals surface area contributed by atoms with Gasteiger partial charge in [0.05, 0.1) is 0 Å². The first-order valence-corrected chi connectivity index (χ1v) is 4.43. The largest absolute Gasteiger partial charge is 0.569 e. The van der Waals surface area contributed by atoms with Gasteiger partial charge >= 0.3 is 7.69 Å². The molecule has 0 heterocycles. The molecule has 1 aromatic carbocycles. The van der Waals surface area contributed by atoms with Crippen molar-refractivity contribution >= 4 is 7.69 Å². The van der Waals surface area contributed by atoms with Crippen molar-refractivity contribution in [1.29, 1.82) is 0 Å². The fourth-order valence-corrected chi connectivity index (χ4v) is 1.00. The molecule has 0 bridgehead atoms. The van der Waals surface area contributed by atoms with E-state index in [2.05, 4.69) is 0 Å².